The summed E-state index contributed by atoms with van der Waals surface area (Å²) in [7, 11) is 0. The molecule has 0 aliphatic heterocycles. The first kappa shape index (κ1) is 35.8. The van der Waals surface area contributed by atoms with Crippen molar-refractivity contribution in [3.8, 4) is 84.9 Å². The SMILES string of the molecule is c1ccc(-c2ccc3c(c2)c2ccccc2n3-c2ccc(-c3cc(-c4ccccc4)nc(-c4ccccc4)n3)cc2-c2nc(-c3ccccc3)nc(-c3ccccc3)n2)cc1. The molecule has 0 atom stereocenters. The van der Waals surface area contributed by atoms with E-state index >= 15 is 0 Å². The van der Waals surface area contributed by atoms with Crippen molar-refractivity contribution < 1.29 is 0 Å². The first-order valence-electron chi connectivity index (χ1n) is 20.3. The van der Waals surface area contributed by atoms with Gasteiger partial charge in [0.15, 0.2) is 23.3 Å². The van der Waals surface area contributed by atoms with E-state index in [0.717, 1.165) is 77.8 Å². The van der Waals surface area contributed by atoms with Crippen LogP contribution >= 0.6 is 0 Å². The van der Waals surface area contributed by atoms with E-state index in [1.54, 1.807) is 0 Å². The first-order valence-corrected chi connectivity index (χ1v) is 20.3. The van der Waals surface area contributed by atoms with Crippen molar-refractivity contribution in [1.29, 1.82) is 0 Å². The monoisotopic (exact) mass is 780 g/mol. The van der Waals surface area contributed by atoms with Crippen LogP contribution in [0.3, 0.4) is 0 Å². The predicted molar refractivity (Wildman–Crippen MR) is 248 cm³/mol. The van der Waals surface area contributed by atoms with Crippen molar-refractivity contribution >= 4 is 21.8 Å². The Labute approximate surface area is 353 Å². The van der Waals surface area contributed by atoms with Crippen LogP contribution in [0.25, 0.3) is 107 Å². The molecule has 0 unspecified atom stereocenters. The van der Waals surface area contributed by atoms with Crippen LogP contribution in [0.5, 0.6) is 0 Å². The summed E-state index contributed by atoms with van der Waals surface area (Å²) in [4.78, 5) is 25.9. The lowest BCUT2D eigenvalue weighted by atomic mass is 10.0. The maximum Gasteiger partial charge on any atom is 0.166 e. The minimum Gasteiger partial charge on any atom is -0.309 e. The van der Waals surface area contributed by atoms with Crippen LogP contribution < -0.4 is 0 Å². The Kier molecular flexibility index (Phi) is 9.06. The third-order valence-electron chi connectivity index (χ3n) is 11.1. The average molecular weight is 781 g/mol. The summed E-state index contributed by atoms with van der Waals surface area (Å²) in [5.41, 5.74) is 12.6. The molecule has 0 saturated heterocycles. The number of hydrogen-bond donors (Lipinski definition) is 0. The van der Waals surface area contributed by atoms with E-state index < -0.39 is 0 Å². The smallest absolute Gasteiger partial charge is 0.166 e. The van der Waals surface area contributed by atoms with Gasteiger partial charge in [0, 0.05) is 44.2 Å². The van der Waals surface area contributed by atoms with Crippen molar-refractivity contribution in [2.24, 2.45) is 0 Å². The fourth-order valence-electron chi connectivity index (χ4n) is 8.11. The molecule has 0 amide bonds. The number of aromatic nitrogens is 6. The molecular weight excluding hydrogens is 745 g/mol. The van der Waals surface area contributed by atoms with E-state index in [9.17, 15) is 0 Å². The zero-order chi connectivity index (χ0) is 40.5. The molecule has 0 fully saturated rings. The minimum absolute atomic E-state index is 0.553. The molecule has 3 aromatic heterocycles. The molecule has 11 rings (SSSR count). The average Bonchev–Trinajstić information content (AvgIpc) is 3.68. The molecule has 0 radical (unpaired) electrons. The van der Waals surface area contributed by atoms with Gasteiger partial charge >= 0.3 is 0 Å². The third kappa shape index (κ3) is 6.82. The van der Waals surface area contributed by atoms with Gasteiger partial charge in [0.05, 0.1) is 28.1 Å². The molecule has 61 heavy (non-hydrogen) atoms. The zero-order valence-electron chi connectivity index (χ0n) is 33.0. The summed E-state index contributed by atoms with van der Waals surface area (Å²) in [5, 5.41) is 2.32. The van der Waals surface area contributed by atoms with Gasteiger partial charge < -0.3 is 4.57 Å². The van der Waals surface area contributed by atoms with Gasteiger partial charge in [-0.25, -0.2) is 24.9 Å². The van der Waals surface area contributed by atoms with Crippen LogP contribution in [0.4, 0.5) is 0 Å². The Morgan fingerprint density at radius 1 is 0.262 bits per heavy atom. The normalized spacial score (nSPS) is 11.3. The molecule has 0 saturated carbocycles. The van der Waals surface area contributed by atoms with E-state index in [-0.39, 0.29) is 0 Å². The van der Waals surface area contributed by atoms with E-state index in [1.807, 2.05) is 97.1 Å². The van der Waals surface area contributed by atoms with Gasteiger partial charge in [0.2, 0.25) is 0 Å². The standard InChI is InChI=1S/C55H36N6/c1-6-18-37(19-7-1)42-30-32-50-45(34-42)44-28-16-17-29-49(44)61(50)51-33-31-43(48-36-47(38-20-8-2-9-21-38)56-52(57-48)39-22-10-3-11-23-39)35-46(51)55-59-53(40-24-12-4-13-25-40)58-54(60-55)41-26-14-5-15-27-41/h1-36H. The van der Waals surface area contributed by atoms with Gasteiger partial charge in [0.1, 0.15) is 0 Å². The summed E-state index contributed by atoms with van der Waals surface area (Å²) in [5.74, 6) is 2.39. The van der Waals surface area contributed by atoms with Gasteiger partial charge in [0.25, 0.3) is 0 Å². The van der Waals surface area contributed by atoms with Crippen molar-refractivity contribution in [2.45, 2.75) is 0 Å². The van der Waals surface area contributed by atoms with Gasteiger partial charge in [-0.1, -0.05) is 182 Å². The molecule has 6 nitrogen and oxygen atoms in total. The highest BCUT2D eigenvalue weighted by atomic mass is 15.1. The molecule has 8 aromatic carbocycles. The highest BCUT2D eigenvalue weighted by Gasteiger charge is 2.22. The van der Waals surface area contributed by atoms with Crippen LogP contribution in [-0.2, 0) is 0 Å². The van der Waals surface area contributed by atoms with Crippen LogP contribution in [-0.4, -0.2) is 29.5 Å². The fraction of sp³-hybridized carbons (Fsp3) is 0. The summed E-state index contributed by atoms with van der Waals surface area (Å²) in [6, 6.07) is 75.1. The summed E-state index contributed by atoms with van der Waals surface area (Å²) >= 11 is 0. The lowest BCUT2D eigenvalue weighted by molar-refractivity contribution is 1.06. The highest BCUT2D eigenvalue weighted by molar-refractivity contribution is 6.11. The largest absolute Gasteiger partial charge is 0.309 e. The van der Waals surface area contributed by atoms with Crippen molar-refractivity contribution in [2.75, 3.05) is 0 Å². The van der Waals surface area contributed by atoms with Crippen molar-refractivity contribution in [1.82, 2.24) is 29.5 Å². The van der Waals surface area contributed by atoms with Gasteiger partial charge in [-0.3, -0.25) is 0 Å². The second-order valence-electron chi connectivity index (χ2n) is 14.9. The molecule has 0 bridgehead atoms. The number of fused-ring (bicyclic) bond motifs is 3. The number of para-hydroxylation sites is 1. The van der Waals surface area contributed by atoms with Crippen LogP contribution in [0, 0.1) is 0 Å². The Hall–Kier alpha value is -8.35. The minimum atomic E-state index is 0.553. The summed E-state index contributed by atoms with van der Waals surface area (Å²) < 4.78 is 2.34. The van der Waals surface area contributed by atoms with Crippen molar-refractivity contribution in [3.05, 3.63) is 218 Å². The molecule has 0 spiro atoms. The highest BCUT2D eigenvalue weighted by Crippen LogP contribution is 2.40. The van der Waals surface area contributed by atoms with Crippen LogP contribution in [0.15, 0.2) is 218 Å². The first-order chi connectivity index (χ1) is 30.2. The fourth-order valence-corrected chi connectivity index (χ4v) is 8.11. The quantitative estimate of drug-likeness (QED) is 0.154. The predicted octanol–water partition coefficient (Wildman–Crippen LogP) is 13.4. The molecule has 0 aliphatic carbocycles. The van der Waals surface area contributed by atoms with E-state index in [2.05, 4.69) is 126 Å². The second-order valence-corrected chi connectivity index (χ2v) is 14.9. The number of hydrogen-bond acceptors (Lipinski definition) is 5. The van der Waals surface area contributed by atoms with Gasteiger partial charge in [-0.05, 0) is 47.5 Å². The summed E-state index contributed by atoms with van der Waals surface area (Å²) in [6.45, 7) is 0. The Bertz CT molecular complexity index is 3220. The molecule has 6 heteroatoms. The van der Waals surface area contributed by atoms with E-state index in [1.165, 1.54) is 5.56 Å². The maximum absolute atomic E-state index is 5.28. The summed E-state index contributed by atoms with van der Waals surface area (Å²) in [6.07, 6.45) is 0. The topological polar surface area (TPSA) is 69.4 Å². The molecule has 286 valence electrons. The number of benzene rings is 8. The lowest BCUT2D eigenvalue weighted by Crippen LogP contribution is -2.04. The number of nitrogens with zero attached hydrogens (tertiary/aromatic N) is 6. The third-order valence-corrected chi connectivity index (χ3v) is 11.1. The van der Waals surface area contributed by atoms with Gasteiger partial charge in [-0.15, -0.1) is 0 Å². The lowest BCUT2D eigenvalue weighted by Gasteiger charge is -2.17. The van der Waals surface area contributed by atoms with Crippen LogP contribution in [0.2, 0.25) is 0 Å². The Balaban J connectivity index is 1.20. The molecule has 0 N–H and O–H groups in total. The maximum atomic E-state index is 5.28. The second kappa shape index (κ2) is 15.4. The molecule has 11 aromatic rings. The molecular formula is C55H36N6. The Morgan fingerprint density at radius 3 is 1.30 bits per heavy atom. The zero-order valence-corrected chi connectivity index (χ0v) is 33.0. The van der Waals surface area contributed by atoms with Crippen LogP contribution in [0.1, 0.15) is 0 Å². The van der Waals surface area contributed by atoms with Crippen molar-refractivity contribution in [3.63, 3.8) is 0 Å². The van der Waals surface area contributed by atoms with E-state index in [4.69, 9.17) is 24.9 Å². The molecule has 3 heterocycles. The van der Waals surface area contributed by atoms with Gasteiger partial charge in [-0.2, -0.15) is 0 Å². The van der Waals surface area contributed by atoms with E-state index in [0.29, 0.717) is 23.3 Å². The molecule has 0 aliphatic rings. The number of rotatable bonds is 8. The Morgan fingerprint density at radius 2 is 0.705 bits per heavy atom.